The minimum absolute atomic E-state index is 0.402. The van der Waals surface area contributed by atoms with Crippen molar-refractivity contribution in [3.8, 4) is 0 Å². The number of aliphatic hydroxyl groups excluding tert-OH is 1. The Morgan fingerprint density at radius 1 is 1.35 bits per heavy atom. The highest BCUT2D eigenvalue weighted by Gasteiger charge is 2.09. The van der Waals surface area contributed by atoms with Crippen LogP contribution in [0.2, 0.25) is 5.02 Å². The molecule has 2 rings (SSSR count). The Morgan fingerprint density at radius 3 is 2.65 bits per heavy atom. The Labute approximate surface area is 114 Å². The summed E-state index contributed by atoms with van der Waals surface area (Å²) in [6.45, 7) is 2.05. The van der Waals surface area contributed by atoms with Gasteiger partial charge in [-0.2, -0.15) is 0 Å². The minimum atomic E-state index is -0.402. The van der Waals surface area contributed by atoms with Gasteiger partial charge in [0.25, 0.3) is 0 Å². The second-order valence-corrected chi connectivity index (χ2v) is 6.42. The second-order valence-electron chi connectivity index (χ2n) is 3.77. The summed E-state index contributed by atoms with van der Waals surface area (Å²) in [6, 6.07) is 9.71. The maximum absolute atomic E-state index is 10.0. The Morgan fingerprint density at radius 2 is 2.06 bits per heavy atom. The SMILES string of the molecule is Cc1cc(C(O)CSc2ccc(Cl)cc2)cs1. The number of rotatable bonds is 4. The highest BCUT2D eigenvalue weighted by Crippen LogP contribution is 2.27. The lowest BCUT2D eigenvalue weighted by Crippen LogP contribution is -1.98. The third-order valence-electron chi connectivity index (χ3n) is 2.36. The molecular formula is C13H13ClOS2. The van der Waals surface area contributed by atoms with Crippen LogP contribution in [-0.4, -0.2) is 10.9 Å². The smallest absolute Gasteiger partial charge is 0.0892 e. The van der Waals surface area contributed by atoms with Crippen molar-refractivity contribution in [3.05, 3.63) is 51.2 Å². The molecule has 4 heteroatoms. The monoisotopic (exact) mass is 284 g/mol. The lowest BCUT2D eigenvalue weighted by molar-refractivity contribution is 0.204. The van der Waals surface area contributed by atoms with Crippen LogP contribution in [0.5, 0.6) is 0 Å². The topological polar surface area (TPSA) is 20.2 Å². The molecule has 17 heavy (non-hydrogen) atoms. The van der Waals surface area contributed by atoms with E-state index in [0.29, 0.717) is 5.75 Å². The number of aryl methyl sites for hydroxylation is 1. The molecule has 0 fully saturated rings. The molecule has 0 spiro atoms. The second kappa shape index (κ2) is 5.91. The van der Waals surface area contributed by atoms with Crippen molar-refractivity contribution in [3.63, 3.8) is 0 Å². The third kappa shape index (κ3) is 3.75. The van der Waals surface area contributed by atoms with Crippen LogP contribution in [0.1, 0.15) is 16.5 Å². The Balaban J connectivity index is 1.92. The van der Waals surface area contributed by atoms with Crippen molar-refractivity contribution >= 4 is 34.7 Å². The van der Waals surface area contributed by atoms with Crippen molar-refractivity contribution < 1.29 is 5.11 Å². The van der Waals surface area contributed by atoms with E-state index in [2.05, 4.69) is 0 Å². The third-order valence-corrected chi connectivity index (χ3v) is 4.58. The summed E-state index contributed by atoms with van der Waals surface area (Å²) < 4.78 is 0. The summed E-state index contributed by atoms with van der Waals surface area (Å²) in [5, 5.41) is 12.8. The van der Waals surface area contributed by atoms with Gasteiger partial charge in [-0.15, -0.1) is 23.1 Å². The van der Waals surface area contributed by atoms with Gasteiger partial charge in [0, 0.05) is 20.5 Å². The van der Waals surface area contributed by atoms with Crippen molar-refractivity contribution in [2.24, 2.45) is 0 Å². The lowest BCUT2D eigenvalue weighted by atomic mass is 10.2. The number of thiophene rings is 1. The van der Waals surface area contributed by atoms with Crippen LogP contribution in [0.25, 0.3) is 0 Å². The van der Waals surface area contributed by atoms with Crippen LogP contribution in [0.3, 0.4) is 0 Å². The van der Waals surface area contributed by atoms with Gasteiger partial charge in [0.1, 0.15) is 0 Å². The van der Waals surface area contributed by atoms with Gasteiger partial charge in [0.05, 0.1) is 6.10 Å². The van der Waals surface area contributed by atoms with Crippen LogP contribution >= 0.6 is 34.7 Å². The summed E-state index contributed by atoms with van der Waals surface area (Å²) in [7, 11) is 0. The van der Waals surface area contributed by atoms with Crippen LogP contribution < -0.4 is 0 Å². The van der Waals surface area contributed by atoms with E-state index in [-0.39, 0.29) is 0 Å². The maximum atomic E-state index is 10.0. The molecule has 0 saturated heterocycles. The van der Waals surface area contributed by atoms with Gasteiger partial charge in [-0.05, 0) is 48.2 Å². The highest BCUT2D eigenvalue weighted by molar-refractivity contribution is 7.99. The van der Waals surface area contributed by atoms with E-state index in [0.717, 1.165) is 15.5 Å². The zero-order valence-corrected chi connectivity index (χ0v) is 11.8. The van der Waals surface area contributed by atoms with E-state index in [1.54, 1.807) is 23.1 Å². The maximum Gasteiger partial charge on any atom is 0.0892 e. The van der Waals surface area contributed by atoms with Crippen LogP contribution in [0.4, 0.5) is 0 Å². The number of hydrogen-bond acceptors (Lipinski definition) is 3. The van der Waals surface area contributed by atoms with E-state index in [1.807, 2.05) is 42.6 Å². The van der Waals surface area contributed by atoms with Crippen LogP contribution in [0, 0.1) is 6.92 Å². The fourth-order valence-electron chi connectivity index (χ4n) is 1.44. The van der Waals surface area contributed by atoms with Crippen molar-refractivity contribution in [2.75, 3.05) is 5.75 Å². The molecule has 0 aliphatic carbocycles. The first-order chi connectivity index (χ1) is 8.15. The quantitative estimate of drug-likeness (QED) is 0.832. The van der Waals surface area contributed by atoms with Crippen LogP contribution in [-0.2, 0) is 0 Å². The fourth-order valence-corrected chi connectivity index (χ4v) is 3.19. The molecule has 1 unspecified atom stereocenters. The number of thioether (sulfide) groups is 1. The van der Waals surface area contributed by atoms with E-state index >= 15 is 0 Å². The summed E-state index contributed by atoms with van der Waals surface area (Å²) >= 11 is 9.12. The number of aliphatic hydroxyl groups is 1. The van der Waals surface area contributed by atoms with Gasteiger partial charge in [-0.25, -0.2) is 0 Å². The van der Waals surface area contributed by atoms with Gasteiger partial charge >= 0.3 is 0 Å². The molecule has 1 N–H and O–H groups in total. The zero-order valence-electron chi connectivity index (χ0n) is 9.39. The van der Waals surface area contributed by atoms with Gasteiger partial charge in [0.15, 0.2) is 0 Å². The molecule has 0 radical (unpaired) electrons. The Hall–Kier alpha value is -0.480. The Bertz CT molecular complexity index is 478. The van der Waals surface area contributed by atoms with Crippen molar-refractivity contribution in [1.29, 1.82) is 0 Å². The molecule has 90 valence electrons. The molecule has 1 aromatic carbocycles. The molecule has 0 bridgehead atoms. The average Bonchev–Trinajstić information content (AvgIpc) is 2.75. The molecule has 0 aliphatic heterocycles. The largest absolute Gasteiger partial charge is 0.388 e. The van der Waals surface area contributed by atoms with Gasteiger partial charge in [0.2, 0.25) is 0 Å². The molecule has 1 aromatic heterocycles. The normalized spacial score (nSPS) is 12.6. The van der Waals surface area contributed by atoms with Crippen LogP contribution in [0.15, 0.2) is 40.6 Å². The average molecular weight is 285 g/mol. The summed E-state index contributed by atoms with van der Waals surface area (Å²) in [5.41, 5.74) is 1.01. The number of hydrogen-bond donors (Lipinski definition) is 1. The van der Waals surface area contributed by atoms with E-state index in [1.165, 1.54) is 4.88 Å². The summed E-state index contributed by atoms with van der Waals surface area (Å²) in [5.74, 6) is 0.664. The molecule has 2 aromatic rings. The van der Waals surface area contributed by atoms with Crippen molar-refractivity contribution in [1.82, 2.24) is 0 Å². The molecule has 0 aliphatic rings. The number of halogens is 1. The van der Waals surface area contributed by atoms with E-state index in [9.17, 15) is 5.11 Å². The molecular weight excluding hydrogens is 272 g/mol. The minimum Gasteiger partial charge on any atom is -0.388 e. The van der Waals surface area contributed by atoms with E-state index < -0.39 is 6.10 Å². The highest BCUT2D eigenvalue weighted by atomic mass is 35.5. The Kier molecular flexibility index (Phi) is 4.51. The zero-order chi connectivity index (χ0) is 12.3. The summed E-state index contributed by atoms with van der Waals surface area (Å²) in [6.07, 6.45) is -0.402. The van der Waals surface area contributed by atoms with Gasteiger partial charge in [-0.1, -0.05) is 11.6 Å². The standard InChI is InChI=1S/C13H13ClOS2/c1-9-6-10(7-16-9)13(15)8-17-12-4-2-11(14)3-5-12/h2-7,13,15H,8H2,1H3. The first-order valence-corrected chi connectivity index (χ1v) is 7.51. The fraction of sp³-hybridized carbons (Fsp3) is 0.231. The predicted octanol–water partition coefficient (Wildman–Crippen LogP) is 4.54. The first kappa shape index (κ1) is 13.0. The summed E-state index contributed by atoms with van der Waals surface area (Å²) in [4.78, 5) is 2.36. The van der Waals surface area contributed by atoms with Gasteiger partial charge in [-0.3, -0.25) is 0 Å². The first-order valence-electron chi connectivity index (χ1n) is 5.26. The molecule has 0 saturated carbocycles. The molecule has 1 heterocycles. The van der Waals surface area contributed by atoms with Crippen molar-refractivity contribution in [2.45, 2.75) is 17.9 Å². The lowest BCUT2D eigenvalue weighted by Gasteiger charge is -2.08. The molecule has 0 amide bonds. The predicted molar refractivity (Wildman–Crippen MR) is 76.2 cm³/mol. The number of benzene rings is 1. The molecule has 1 atom stereocenters. The van der Waals surface area contributed by atoms with E-state index in [4.69, 9.17) is 11.6 Å². The molecule has 1 nitrogen and oxygen atoms in total. The van der Waals surface area contributed by atoms with Gasteiger partial charge < -0.3 is 5.11 Å².